The quantitative estimate of drug-likeness (QED) is 0.839. The lowest BCUT2D eigenvalue weighted by atomic mass is 10.3. The maximum atomic E-state index is 12.3. The Balaban J connectivity index is 2.10. The molecule has 0 amide bonds. The zero-order chi connectivity index (χ0) is 15.5. The summed E-state index contributed by atoms with van der Waals surface area (Å²) >= 11 is 0. The average molecular weight is 303 g/mol. The van der Waals surface area contributed by atoms with Crippen molar-refractivity contribution in [1.29, 1.82) is 0 Å². The molecule has 0 radical (unpaired) electrons. The van der Waals surface area contributed by atoms with E-state index in [1.54, 1.807) is 4.31 Å². The van der Waals surface area contributed by atoms with Gasteiger partial charge >= 0.3 is 0 Å². The van der Waals surface area contributed by atoms with Crippen LogP contribution in [0.5, 0.6) is 11.5 Å². The van der Waals surface area contributed by atoms with Crippen LogP contribution < -0.4 is 9.04 Å². The minimum atomic E-state index is -1.09. The highest BCUT2D eigenvalue weighted by atomic mass is 32.2. The standard InChI is InChI=1S/C17H21NO2S/c1-17(2,3)21(19)18(4)14-10-12-16(13-11-14)20-15-8-6-5-7-9-15/h5-13H,1-4H3. The van der Waals surface area contributed by atoms with E-state index < -0.39 is 11.0 Å². The van der Waals surface area contributed by atoms with Crippen LogP contribution in [0.4, 0.5) is 5.69 Å². The van der Waals surface area contributed by atoms with E-state index >= 15 is 0 Å². The minimum absolute atomic E-state index is 0.284. The molecule has 0 fully saturated rings. The van der Waals surface area contributed by atoms with E-state index in [1.165, 1.54) is 0 Å². The smallest absolute Gasteiger partial charge is 0.127 e. The van der Waals surface area contributed by atoms with E-state index in [0.29, 0.717) is 0 Å². The second-order valence-electron chi connectivity index (χ2n) is 5.77. The topological polar surface area (TPSA) is 29.5 Å². The predicted octanol–water partition coefficient (Wildman–Crippen LogP) is 4.38. The van der Waals surface area contributed by atoms with Gasteiger partial charge in [0.05, 0.1) is 4.75 Å². The molecule has 21 heavy (non-hydrogen) atoms. The first-order chi connectivity index (χ1) is 9.88. The first-order valence-electron chi connectivity index (χ1n) is 6.86. The van der Waals surface area contributed by atoms with E-state index in [4.69, 9.17) is 4.74 Å². The highest BCUT2D eigenvalue weighted by Crippen LogP contribution is 2.26. The maximum absolute atomic E-state index is 12.3. The largest absolute Gasteiger partial charge is 0.457 e. The summed E-state index contributed by atoms with van der Waals surface area (Å²) in [4.78, 5) is 0. The third-order valence-corrected chi connectivity index (χ3v) is 4.71. The monoisotopic (exact) mass is 303 g/mol. The highest BCUT2D eigenvalue weighted by Gasteiger charge is 2.24. The average Bonchev–Trinajstić information content (AvgIpc) is 2.46. The van der Waals surface area contributed by atoms with Crippen LogP contribution in [0.15, 0.2) is 54.6 Å². The van der Waals surface area contributed by atoms with E-state index in [-0.39, 0.29) is 4.75 Å². The number of hydrogen-bond donors (Lipinski definition) is 0. The van der Waals surface area contributed by atoms with Crippen LogP contribution in [0.1, 0.15) is 20.8 Å². The minimum Gasteiger partial charge on any atom is -0.457 e. The molecule has 2 aromatic rings. The van der Waals surface area contributed by atoms with Gasteiger partial charge in [0.15, 0.2) is 0 Å². The van der Waals surface area contributed by atoms with Crippen LogP contribution in [-0.4, -0.2) is 16.0 Å². The van der Waals surface area contributed by atoms with Crippen LogP contribution >= 0.6 is 0 Å². The number of nitrogens with zero attached hydrogens (tertiary/aromatic N) is 1. The summed E-state index contributed by atoms with van der Waals surface area (Å²) in [6.45, 7) is 5.89. The molecule has 0 aliphatic carbocycles. The fraction of sp³-hybridized carbons (Fsp3) is 0.294. The van der Waals surface area contributed by atoms with Crippen molar-refractivity contribution in [2.75, 3.05) is 11.4 Å². The number of anilines is 1. The van der Waals surface area contributed by atoms with Crippen LogP contribution in [-0.2, 0) is 11.0 Å². The number of para-hydroxylation sites is 1. The molecule has 0 heterocycles. The number of hydrogen-bond acceptors (Lipinski definition) is 2. The summed E-state index contributed by atoms with van der Waals surface area (Å²) in [7, 11) is 0.757. The third-order valence-electron chi connectivity index (χ3n) is 2.95. The first kappa shape index (κ1) is 15.6. The lowest BCUT2D eigenvalue weighted by molar-refractivity contribution is 0.483. The molecule has 0 aromatic heterocycles. The molecule has 2 rings (SSSR count). The lowest BCUT2D eigenvalue weighted by Gasteiger charge is -2.27. The SMILES string of the molecule is CN(c1ccc(Oc2ccccc2)cc1)S(=O)C(C)(C)C. The number of ether oxygens (including phenoxy) is 1. The van der Waals surface area contributed by atoms with Crippen LogP contribution in [0.25, 0.3) is 0 Å². The Morgan fingerprint density at radius 2 is 1.43 bits per heavy atom. The van der Waals surface area contributed by atoms with Crippen LogP contribution in [0, 0.1) is 0 Å². The zero-order valence-electron chi connectivity index (χ0n) is 12.9. The molecular weight excluding hydrogens is 282 g/mol. The molecule has 0 aliphatic rings. The van der Waals surface area contributed by atoms with Gasteiger partial charge in [-0.05, 0) is 57.2 Å². The summed E-state index contributed by atoms with van der Waals surface area (Å²) in [5, 5.41) is 0. The molecule has 0 bridgehead atoms. The van der Waals surface area contributed by atoms with Crippen molar-refractivity contribution < 1.29 is 8.95 Å². The van der Waals surface area contributed by atoms with Gasteiger partial charge in [-0.2, -0.15) is 0 Å². The van der Waals surface area contributed by atoms with Crippen molar-refractivity contribution in [3.8, 4) is 11.5 Å². The molecular formula is C17H21NO2S. The van der Waals surface area contributed by atoms with Gasteiger partial charge in [-0.1, -0.05) is 18.2 Å². The molecule has 112 valence electrons. The van der Waals surface area contributed by atoms with Gasteiger partial charge in [-0.25, -0.2) is 4.21 Å². The summed E-state index contributed by atoms with van der Waals surface area (Å²) in [6, 6.07) is 17.3. The lowest BCUT2D eigenvalue weighted by Crippen LogP contribution is -2.34. The van der Waals surface area contributed by atoms with Crippen molar-refractivity contribution in [2.24, 2.45) is 0 Å². The third kappa shape index (κ3) is 4.08. The molecule has 1 unspecified atom stereocenters. The fourth-order valence-electron chi connectivity index (χ4n) is 1.86. The summed E-state index contributed by atoms with van der Waals surface area (Å²) in [6.07, 6.45) is 0. The highest BCUT2D eigenvalue weighted by molar-refractivity contribution is 7.87. The first-order valence-corrected chi connectivity index (χ1v) is 7.97. The zero-order valence-corrected chi connectivity index (χ0v) is 13.7. The Morgan fingerprint density at radius 3 is 1.95 bits per heavy atom. The van der Waals surface area contributed by atoms with Gasteiger partial charge in [-0.15, -0.1) is 0 Å². The molecule has 0 aliphatic heterocycles. The Kier molecular flexibility index (Phi) is 4.68. The van der Waals surface area contributed by atoms with E-state index in [1.807, 2.05) is 82.4 Å². The predicted molar refractivity (Wildman–Crippen MR) is 89.3 cm³/mol. The van der Waals surface area contributed by atoms with Crippen molar-refractivity contribution in [3.05, 3.63) is 54.6 Å². The van der Waals surface area contributed by atoms with E-state index in [0.717, 1.165) is 17.2 Å². The maximum Gasteiger partial charge on any atom is 0.127 e. The molecule has 0 saturated carbocycles. The van der Waals surface area contributed by atoms with E-state index in [2.05, 4.69) is 0 Å². The Bertz CT molecular complexity index is 603. The normalized spacial score (nSPS) is 12.8. The van der Waals surface area contributed by atoms with Crippen molar-refractivity contribution in [2.45, 2.75) is 25.5 Å². The van der Waals surface area contributed by atoms with Crippen LogP contribution in [0.3, 0.4) is 0 Å². The Hall–Kier alpha value is -1.81. The Morgan fingerprint density at radius 1 is 0.905 bits per heavy atom. The van der Waals surface area contributed by atoms with Gasteiger partial charge in [0, 0.05) is 12.7 Å². The molecule has 2 aromatic carbocycles. The Labute approximate surface area is 129 Å². The fourth-order valence-corrected chi connectivity index (χ4v) is 2.99. The van der Waals surface area contributed by atoms with Gasteiger partial charge in [0.25, 0.3) is 0 Å². The van der Waals surface area contributed by atoms with E-state index in [9.17, 15) is 4.21 Å². The van der Waals surface area contributed by atoms with Gasteiger partial charge in [-0.3, -0.25) is 4.31 Å². The summed E-state index contributed by atoms with van der Waals surface area (Å²) < 4.78 is 19.6. The second-order valence-corrected chi connectivity index (χ2v) is 8.04. The second kappa shape index (κ2) is 6.31. The van der Waals surface area contributed by atoms with Crippen molar-refractivity contribution in [1.82, 2.24) is 0 Å². The molecule has 0 saturated heterocycles. The summed E-state index contributed by atoms with van der Waals surface area (Å²) in [5.41, 5.74) is 0.906. The summed E-state index contributed by atoms with van der Waals surface area (Å²) in [5.74, 6) is 1.57. The van der Waals surface area contributed by atoms with Gasteiger partial charge in [0.2, 0.25) is 0 Å². The molecule has 0 spiro atoms. The van der Waals surface area contributed by atoms with Gasteiger partial charge < -0.3 is 4.74 Å². The number of rotatable bonds is 4. The van der Waals surface area contributed by atoms with Crippen molar-refractivity contribution >= 4 is 16.7 Å². The molecule has 4 heteroatoms. The van der Waals surface area contributed by atoms with Gasteiger partial charge in [0.1, 0.15) is 22.5 Å². The van der Waals surface area contributed by atoms with Crippen LogP contribution in [0.2, 0.25) is 0 Å². The molecule has 1 atom stereocenters. The molecule has 3 nitrogen and oxygen atoms in total. The molecule has 0 N–H and O–H groups in total. The van der Waals surface area contributed by atoms with Crippen molar-refractivity contribution in [3.63, 3.8) is 0 Å². The number of benzene rings is 2.